The first-order valence-corrected chi connectivity index (χ1v) is 11.8. The minimum Gasteiger partial charge on any atom is -0.348 e. The molecule has 1 aromatic rings. The number of carbonyl (C=O) groups excluding carboxylic acids is 2. The number of rotatable bonds is 7. The van der Waals surface area contributed by atoms with Gasteiger partial charge in [-0.3, -0.25) is 14.7 Å². The van der Waals surface area contributed by atoms with E-state index in [9.17, 15) is 26.8 Å². The fraction of sp³-hybridized carbons (Fsp3) is 0.526. The first-order chi connectivity index (χ1) is 14.6. The molecule has 1 fully saturated rings. The van der Waals surface area contributed by atoms with Crippen molar-refractivity contribution in [1.82, 2.24) is 20.2 Å². The molecule has 0 radical (unpaired) electrons. The Hall–Kier alpha value is -2.60. The Morgan fingerprint density at radius 3 is 2.61 bits per heavy atom. The SMILES string of the molecule is CS(=O)(=O)NCC1CCC(NC(=O)c2[nH]ncc2NC(=O)C2C(F)=CC=CC2F)CC1. The first-order valence-electron chi connectivity index (χ1n) is 9.91. The zero-order valence-electron chi connectivity index (χ0n) is 16.9. The van der Waals surface area contributed by atoms with Gasteiger partial charge in [0.05, 0.1) is 18.1 Å². The molecule has 12 heteroatoms. The molecule has 0 saturated heterocycles. The Morgan fingerprint density at radius 1 is 1.26 bits per heavy atom. The third-order valence-corrected chi connectivity index (χ3v) is 6.08. The summed E-state index contributed by atoms with van der Waals surface area (Å²) in [5.74, 6) is -3.73. The second-order valence-corrected chi connectivity index (χ2v) is 9.65. The van der Waals surface area contributed by atoms with Crippen LogP contribution in [0.2, 0.25) is 0 Å². The maximum atomic E-state index is 13.9. The van der Waals surface area contributed by atoms with Crippen molar-refractivity contribution >= 4 is 27.5 Å². The molecular weight excluding hydrogens is 432 g/mol. The number of hydrogen-bond donors (Lipinski definition) is 4. The van der Waals surface area contributed by atoms with Crippen LogP contribution in [0.4, 0.5) is 14.5 Å². The zero-order chi connectivity index (χ0) is 22.6. The second kappa shape index (κ2) is 9.69. The van der Waals surface area contributed by atoms with E-state index < -0.39 is 39.8 Å². The Labute approximate surface area is 178 Å². The number of alkyl halides is 1. The number of nitrogens with zero attached hydrogens (tertiary/aromatic N) is 1. The number of allylic oxidation sites excluding steroid dienone is 3. The molecule has 2 aliphatic carbocycles. The zero-order valence-corrected chi connectivity index (χ0v) is 17.7. The summed E-state index contributed by atoms with van der Waals surface area (Å²) in [7, 11) is -3.24. The van der Waals surface area contributed by atoms with Gasteiger partial charge in [0.25, 0.3) is 5.91 Å². The van der Waals surface area contributed by atoms with E-state index >= 15 is 0 Å². The highest BCUT2D eigenvalue weighted by Crippen LogP contribution is 2.27. The standard InChI is InChI=1S/C19H25F2N5O4S/c1-31(29,30)23-9-11-5-7-12(8-6-11)24-19(28)17-15(10-22-26-17)25-18(27)16-13(20)3-2-4-14(16)21/h2-4,10-13,16,23H,5-9H2,1H3,(H,22,26)(H,24,28)(H,25,27). The van der Waals surface area contributed by atoms with Gasteiger partial charge in [-0.1, -0.05) is 6.08 Å². The Kier molecular flexibility index (Phi) is 7.21. The molecule has 0 aromatic carbocycles. The fourth-order valence-corrected chi connectivity index (χ4v) is 4.23. The molecule has 2 atom stereocenters. The first kappa shape index (κ1) is 23.1. The number of halogens is 2. The molecule has 31 heavy (non-hydrogen) atoms. The van der Waals surface area contributed by atoms with E-state index in [0.717, 1.165) is 31.2 Å². The molecule has 0 aliphatic heterocycles. The van der Waals surface area contributed by atoms with Gasteiger partial charge in [-0.05, 0) is 43.8 Å². The van der Waals surface area contributed by atoms with Crippen molar-refractivity contribution in [3.63, 3.8) is 0 Å². The van der Waals surface area contributed by atoms with Gasteiger partial charge >= 0.3 is 0 Å². The predicted octanol–water partition coefficient (Wildman–Crippen LogP) is 1.56. The molecule has 1 heterocycles. The van der Waals surface area contributed by atoms with Crippen molar-refractivity contribution in [1.29, 1.82) is 0 Å². The number of hydrogen-bond acceptors (Lipinski definition) is 5. The van der Waals surface area contributed by atoms with Crippen molar-refractivity contribution in [3.05, 3.63) is 35.9 Å². The minimum atomic E-state index is -3.24. The van der Waals surface area contributed by atoms with Gasteiger partial charge in [0.2, 0.25) is 15.9 Å². The summed E-state index contributed by atoms with van der Waals surface area (Å²) in [6, 6.07) is -0.118. The summed E-state index contributed by atoms with van der Waals surface area (Å²) in [5, 5.41) is 11.5. The van der Waals surface area contributed by atoms with Crippen LogP contribution >= 0.6 is 0 Å². The smallest absolute Gasteiger partial charge is 0.271 e. The highest BCUT2D eigenvalue weighted by atomic mass is 32.2. The molecule has 3 rings (SSSR count). The molecule has 1 saturated carbocycles. The van der Waals surface area contributed by atoms with Gasteiger partial charge < -0.3 is 10.6 Å². The summed E-state index contributed by atoms with van der Waals surface area (Å²) in [4.78, 5) is 25.0. The number of nitrogens with one attached hydrogen (secondary N) is 4. The lowest BCUT2D eigenvalue weighted by Crippen LogP contribution is -2.40. The molecule has 1 aromatic heterocycles. The average Bonchev–Trinajstić information content (AvgIpc) is 3.15. The molecule has 9 nitrogen and oxygen atoms in total. The topological polar surface area (TPSA) is 133 Å². The van der Waals surface area contributed by atoms with Crippen molar-refractivity contribution in [2.45, 2.75) is 37.9 Å². The summed E-state index contributed by atoms with van der Waals surface area (Å²) < 4.78 is 52.7. The molecular formula is C19H25F2N5O4S. The van der Waals surface area contributed by atoms with E-state index in [2.05, 4.69) is 25.6 Å². The van der Waals surface area contributed by atoms with Crippen molar-refractivity contribution in [2.24, 2.45) is 11.8 Å². The van der Waals surface area contributed by atoms with Crippen molar-refractivity contribution in [3.8, 4) is 0 Å². The Balaban J connectivity index is 1.54. The van der Waals surface area contributed by atoms with Crippen LogP contribution in [-0.2, 0) is 14.8 Å². The summed E-state index contributed by atoms with van der Waals surface area (Å²) in [6.45, 7) is 0.368. The second-order valence-electron chi connectivity index (χ2n) is 7.82. The predicted molar refractivity (Wildman–Crippen MR) is 110 cm³/mol. The van der Waals surface area contributed by atoms with Crippen molar-refractivity contribution in [2.75, 3.05) is 18.1 Å². The van der Waals surface area contributed by atoms with Crippen LogP contribution in [0, 0.1) is 11.8 Å². The summed E-state index contributed by atoms with van der Waals surface area (Å²) in [5.41, 5.74) is 0.0171. The molecule has 0 bridgehead atoms. The van der Waals surface area contributed by atoms with Crippen LogP contribution in [0.15, 0.2) is 30.3 Å². The maximum Gasteiger partial charge on any atom is 0.271 e. The van der Waals surface area contributed by atoms with Crippen LogP contribution in [0.3, 0.4) is 0 Å². The van der Waals surface area contributed by atoms with Gasteiger partial charge in [0.1, 0.15) is 23.6 Å². The maximum absolute atomic E-state index is 13.9. The quantitative estimate of drug-likeness (QED) is 0.493. The van der Waals surface area contributed by atoms with Gasteiger partial charge in [-0.2, -0.15) is 5.10 Å². The van der Waals surface area contributed by atoms with E-state index in [1.807, 2.05) is 0 Å². The third-order valence-electron chi connectivity index (χ3n) is 5.39. The lowest BCUT2D eigenvalue weighted by atomic mass is 9.86. The highest BCUT2D eigenvalue weighted by Gasteiger charge is 2.33. The number of sulfonamides is 1. The van der Waals surface area contributed by atoms with Crippen LogP contribution in [-0.4, -0.2) is 55.4 Å². The van der Waals surface area contributed by atoms with Crippen LogP contribution < -0.4 is 15.4 Å². The van der Waals surface area contributed by atoms with Crippen LogP contribution in [0.1, 0.15) is 36.2 Å². The number of anilines is 1. The van der Waals surface area contributed by atoms with Crippen molar-refractivity contribution < 1.29 is 26.8 Å². The fourth-order valence-electron chi connectivity index (χ4n) is 3.69. The number of H-pyrrole nitrogens is 1. The summed E-state index contributed by atoms with van der Waals surface area (Å²) in [6.07, 6.45) is 6.66. The minimum absolute atomic E-state index is 0.0136. The lowest BCUT2D eigenvalue weighted by Gasteiger charge is -2.29. The summed E-state index contributed by atoms with van der Waals surface area (Å²) >= 11 is 0. The molecule has 4 N–H and O–H groups in total. The number of amides is 2. The number of carbonyl (C=O) groups is 2. The largest absolute Gasteiger partial charge is 0.348 e. The van der Waals surface area contributed by atoms with E-state index in [4.69, 9.17) is 0 Å². The molecule has 170 valence electrons. The van der Waals surface area contributed by atoms with Gasteiger partial charge in [-0.25, -0.2) is 21.9 Å². The Bertz CT molecular complexity index is 983. The lowest BCUT2D eigenvalue weighted by molar-refractivity contribution is -0.120. The third kappa shape index (κ3) is 6.20. The van der Waals surface area contributed by atoms with Gasteiger partial charge in [0, 0.05) is 12.6 Å². The molecule has 2 unspecified atom stereocenters. The van der Waals surface area contributed by atoms with E-state index in [0.29, 0.717) is 19.4 Å². The monoisotopic (exact) mass is 457 g/mol. The van der Waals surface area contributed by atoms with Crippen LogP contribution in [0.25, 0.3) is 0 Å². The van der Waals surface area contributed by atoms with Gasteiger partial charge in [0.15, 0.2) is 0 Å². The van der Waals surface area contributed by atoms with E-state index in [1.54, 1.807) is 0 Å². The Morgan fingerprint density at radius 2 is 1.97 bits per heavy atom. The van der Waals surface area contributed by atoms with Gasteiger partial charge in [-0.15, -0.1) is 0 Å². The molecule has 0 spiro atoms. The van der Waals surface area contributed by atoms with E-state index in [1.165, 1.54) is 12.3 Å². The highest BCUT2D eigenvalue weighted by molar-refractivity contribution is 7.88. The van der Waals surface area contributed by atoms with E-state index in [-0.39, 0.29) is 23.3 Å². The number of aromatic amines is 1. The van der Waals surface area contributed by atoms with Crippen LogP contribution in [0.5, 0.6) is 0 Å². The number of aromatic nitrogens is 2. The molecule has 2 aliphatic rings. The normalized spacial score (nSPS) is 26.2. The molecule has 2 amide bonds. The average molecular weight is 458 g/mol.